The largest absolute Gasteiger partial charge is 0.493 e. The first-order valence-corrected chi connectivity index (χ1v) is 9.36. The van der Waals surface area contributed by atoms with Gasteiger partial charge in [-0.05, 0) is 35.9 Å². The Morgan fingerprint density at radius 1 is 1.14 bits per heavy atom. The molecular weight excluding hydrogens is 378 g/mol. The molecule has 1 aromatic heterocycles. The highest BCUT2D eigenvalue weighted by Gasteiger charge is 2.12. The van der Waals surface area contributed by atoms with Gasteiger partial charge in [-0.2, -0.15) is 0 Å². The summed E-state index contributed by atoms with van der Waals surface area (Å²) in [5.74, 6) is 0.208. The number of nitrogens with zero attached hydrogens (tertiary/aromatic N) is 1. The van der Waals surface area contributed by atoms with Crippen LogP contribution in [0.15, 0.2) is 53.4 Å². The van der Waals surface area contributed by atoms with Crippen molar-refractivity contribution in [3.05, 3.63) is 75.7 Å². The monoisotopic (exact) mass is 397 g/mol. The summed E-state index contributed by atoms with van der Waals surface area (Å²) in [6, 6.07) is 11.8. The van der Waals surface area contributed by atoms with Crippen molar-refractivity contribution in [2.24, 2.45) is 5.73 Å². The summed E-state index contributed by atoms with van der Waals surface area (Å²) in [6.07, 6.45) is 0. The number of hydrogen-bond donors (Lipinski definition) is 2. The molecule has 8 heteroatoms. The van der Waals surface area contributed by atoms with Crippen molar-refractivity contribution in [3.8, 4) is 11.5 Å². The molecule has 0 aliphatic carbocycles. The van der Waals surface area contributed by atoms with E-state index in [1.807, 2.05) is 11.4 Å². The molecule has 7 nitrogen and oxygen atoms in total. The fraction of sp³-hybridized carbons (Fsp3) is 0.150. The summed E-state index contributed by atoms with van der Waals surface area (Å²) in [4.78, 5) is 27.9. The maximum absolute atomic E-state index is 12.5. The van der Waals surface area contributed by atoms with Crippen molar-refractivity contribution in [2.75, 3.05) is 7.11 Å². The Morgan fingerprint density at radius 3 is 2.71 bits per heavy atom. The fourth-order valence-electron chi connectivity index (χ4n) is 2.51. The first-order valence-electron chi connectivity index (χ1n) is 8.41. The van der Waals surface area contributed by atoms with Crippen molar-refractivity contribution in [3.63, 3.8) is 0 Å². The number of nitrogens with two attached hydrogens (primary N) is 1. The van der Waals surface area contributed by atoms with Crippen LogP contribution in [0.2, 0.25) is 0 Å². The van der Waals surface area contributed by atoms with Crippen LogP contribution in [0.3, 0.4) is 0 Å². The fourth-order valence-corrected chi connectivity index (χ4v) is 3.05. The number of carbonyl (C=O) groups excluding carboxylic acids is 2. The van der Waals surface area contributed by atoms with Crippen molar-refractivity contribution in [1.29, 1.82) is 0 Å². The van der Waals surface area contributed by atoms with Crippen LogP contribution in [0.4, 0.5) is 0 Å². The van der Waals surface area contributed by atoms with Gasteiger partial charge in [-0.15, -0.1) is 11.3 Å². The topological polar surface area (TPSA) is 104 Å². The molecule has 0 saturated heterocycles. The number of methoxy groups -OCH3 is 1. The summed E-state index contributed by atoms with van der Waals surface area (Å²) in [5.41, 5.74) is 9.45. The van der Waals surface area contributed by atoms with Gasteiger partial charge in [-0.1, -0.05) is 12.1 Å². The van der Waals surface area contributed by atoms with Gasteiger partial charge in [0.2, 0.25) is 5.91 Å². The molecule has 0 unspecified atom stereocenters. The molecule has 0 spiro atoms. The van der Waals surface area contributed by atoms with Gasteiger partial charge < -0.3 is 20.5 Å². The second kappa shape index (κ2) is 9.01. The Bertz CT molecular complexity index is 973. The van der Waals surface area contributed by atoms with Gasteiger partial charge in [0.05, 0.1) is 18.3 Å². The number of aromatic nitrogens is 1. The minimum Gasteiger partial charge on any atom is -0.493 e. The van der Waals surface area contributed by atoms with Gasteiger partial charge in [0.1, 0.15) is 6.61 Å². The van der Waals surface area contributed by atoms with Crippen LogP contribution in [0.1, 0.15) is 32.0 Å². The number of amides is 2. The summed E-state index contributed by atoms with van der Waals surface area (Å²) in [6.45, 7) is 0.589. The van der Waals surface area contributed by atoms with Gasteiger partial charge >= 0.3 is 0 Å². The number of hydrogen-bond acceptors (Lipinski definition) is 6. The highest BCUT2D eigenvalue weighted by molar-refractivity contribution is 7.07. The number of nitrogens with one attached hydrogen (secondary N) is 1. The molecule has 1 heterocycles. The average Bonchev–Trinajstić information content (AvgIpc) is 3.24. The number of rotatable bonds is 8. The SMILES string of the molecule is COc1cc(C(=O)NCc2cccc(C(N)=O)c2)ccc1OCc1cscn1. The van der Waals surface area contributed by atoms with Crippen molar-refractivity contribution >= 4 is 23.2 Å². The Morgan fingerprint density at radius 2 is 2.00 bits per heavy atom. The van der Waals surface area contributed by atoms with E-state index in [2.05, 4.69) is 10.3 Å². The van der Waals surface area contributed by atoms with Crippen LogP contribution < -0.4 is 20.5 Å². The van der Waals surface area contributed by atoms with Crippen LogP contribution in [0.25, 0.3) is 0 Å². The highest BCUT2D eigenvalue weighted by atomic mass is 32.1. The van der Waals surface area contributed by atoms with E-state index in [0.717, 1.165) is 11.3 Å². The lowest BCUT2D eigenvalue weighted by molar-refractivity contribution is 0.0949. The van der Waals surface area contributed by atoms with Gasteiger partial charge in [-0.3, -0.25) is 9.59 Å². The summed E-state index contributed by atoms with van der Waals surface area (Å²) in [5, 5.41) is 4.71. The van der Waals surface area contributed by atoms with E-state index in [0.29, 0.717) is 29.2 Å². The molecule has 0 fully saturated rings. The van der Waals surface area contributed by atoms with Crippen LogP contribution in [-0.4, -0.2) is 23.9 Å². The van der Waals surface area contributed by atoms with E-state index in [4.69, 9.17) is 15.2 Å². The molecule has 3 N–H and O–H groups in total. The Labute approximate surface area is 166 Å². The number of thiazole rings is 1. The lowest BCUT2D eigenvalue weighted by Crippen LogP contribution is -2.23. The minimum atomic E-state index is -0.508. The normalized spacial score (nSPS) is 10.3. The molecule has 0 aliphatic rings. The van der Waals surface area contributed by atoms with E-state index < -0.39 is 5.91 Å². The first kappa shape index (κ1) is 19.4. The third-order valence-electron chi connectivity index (χ3n) is 3.95. The molecule has 0 bridgehead atoms. The lowest BCUT2D eigenvalue weighted by Gasteiger charge is -2.12. The van der Waals surface area contributed by atoms with Crippen LogP contribution in [-0.2, 0) is 13.2 Å². The van der Waals surface area contributed by atoms with E-state index in [-0.39, 0.29) is 12.5 Å². The standard InChI is InChI=1S/C20H19N3O4S/c1-26-18-8-15(5-6-17(18)27-10-16-11-28-12-23-16)20(25)22-9-13-3-2-4-14(7-13)19(21)24/h2-8,11-12H,9-10H2,1H3,(H2,21,24)(H,22,25). The van der Waals surface area contributed by atoms with Crippen molar-refractivity contribution in [2.45, 2.75) is 13.2 Å². The predicted octanol–water partition coefficient (Wildman–Crippen LogP) is 2.76. The molecule has 0 radical (unpaired) electrons. The summed E-state index contributed by atoms with van der Waals surface area (Å²) in [7, 11) is 1.52. The van der Waals surface area contributed by atoms with Crippen LogP contribution >= 0.6 is 11.3 Å². The van der Waals surface area contributed by atoms with Crippen molar-refractivity contribution < 1.29 is 19.1 Å². The molecule has 2 amide bonds. The molecule has 3 rings (SSSR count). The maximum atomic E-state index is 12.5. The van der Waals surface area contributed by atoms with E-state index in [9.17, 15) is 9.59 Å². The minimum absolute atomic E-state index is 0.268. The van der Waals surface area contributed by atoms with Crippen molar-refractivity contribution in [1.82, 2.24) is 10.3 Å². The molecular formula is C20H19N3O4S. The zero-order valence-corrected chi connectivity index (χ0v) is 16.0. The third kappa shape index (κ3) is 4.86. The summed E-state index contributed by atoms with van der Waals surface area (Å²) >= 11 is 1.50. The molecule has 144 valence electrons. The Kier molecular flexibility index (Phi) is 6.23. The summed E-state index contributed by atoms with van der Waals surface area (Å²) < 4.78 is 11.1. The number of primary amides is 1. The van der Waals surface area contributed by atoms with E-state index in [1.165, 1.54) is 18.4 Å². The highest BCUT2D eigenvalue weighted by Crippen LogP contribution is 2.29. The Hall–Kier alpha value is -3.39. The average molecular weight is 397 g/mol. The first-order chi connectivity index (χ1) is 13.6. The smallest absolute Gasteiger partial charge is 0.251 e. The van der Waals surface area contributed by atoms with Crippen LogP contribution in [0.5, 0.6) is 11.5 Å². The third-order valence-corrected chi connectivity index (χ3v) is 4.58. The van der Waals surface area contributed by atoms with Gasteiger partial charge in [0.25, 0.3) is 5.91 Å². The quantitative estimate of drug-likeness (QED) is 0.608. The second-order valence-electron chi connectivity index (χ2n) is 5.88. The molecule has 28 heavy (non-hydrogen) atoms. The zero-order valence-electron chi connectivity index (χ0n) is 15.2. The molecule has 0 atom stereocenters. The van der Waals surface area contributed by atoms with Gasteiger partial charge in [0, 0.05) is 23.1 Å². The number of benzene rings is 2. The van der Waals surface area contributed by atoms with E-state index in [1.54, 1.807) is 41.9 Å². The van der Waals surface area contributed by atoms with Gasteiger partial charge in [-0.25, -0.2) is 4.98 Å². The lowest BCUT2D eigenvalue weighted by atomic mass is 10.1. The number of carbonyl (C=O) groups is 2. The zero-order chi connectivity index (χ0) is 19.9. The molecule has 0 saturated carbocycles. The van der Waals surface area contributed by atoms with Gasteiger partial charge in [0.15, 0.2) is 11.5 Å². The maximum Gasteiger partial charge on any atom is 0.251 e. The molecule has 0 aliphatic heterocycles. The number of ether oxygens (including phenoxy) is 2. The second-order valence-corrected chi connectivity index (χ2v) is 6.60. The van der Waals surface area contributed by atoms with E-state index >= 15 is 0 Å². The Balaban J connectivity index is 1.64. The molecule has 2 aromatic carbocycles. The molecule has 3 aromatic rings. The van der Waals surface area contributed by atoms with Crippen LogP contribution in [0, 0.1) is 0 Å². The predicted molar refractivity (Wildman–Crippen MR) is 106 cm³/mol.